The lowest BCUT2D eigenvalue weighted by Crippen LogP contribution is -2.33. The van der Waals surface area contributed by atoms with Gasteiger partial charge in [-0.05, 0) is 42.5 Å². The zero-order valence-corrected chi connectivity index (χ0v) is 16.0. The molecule has 1 heterocycles. The summed E-state index contributed by atoms with van der Waals surface area (Å²) in [6.45, 7) is 1.91. The predicted octanol–water partition coefficient (Wildman–Crippen LogP) is 4.58. The summed E-state index contributed by atoms with van der Waals surface area (Å²) >= 11 is 0. The van der Waals surface area contributed by atoms with Crippen molar-refractivity contribution in [2.75, 3.05) is 7.11 Å². The normalized spacial score (nSPS) is 21.7. The van der Waals surface area contributed by atoms with Crippen LogP contribution in [0.15, 0.2) is 77.1 Å². The van der Waals surface area contributed by atoms with E-state index in [0.29, 0.717) is 12.0 Å². The first-order valence-electron chi connectivity index (χ1n) is 9.45. The van der Waals surface area contributed by atoms with Gasteiger partial charge in [-0.2, -0.15) is 5.26 Å². The average Bonchev–Trinajstić information content (AvgIpc) is 2.73. The molecule has 2 aromatic rings. The molecular weight excluding hydrogens is 348 g/mol. The molecule has 2 unspecified atom stereocenters. The number of Topliss-reactive ketones (excluding diaryl/α,β-unsaturated/α-hetero) is 1. The smallest absolute Gasteiger partial charge is 0.162 e. The van der Waals surface area contributed by atoms with E-state index in [4.69, 9.17) is 4.74 Å². The van der Waals surface area contributed by atoms with Gasteiger partial charge in [0.25, 0.3) is 0 Å². The van der Waals surface area contributed by atoms with Gasteiger partial charge in [0.1, 0.15) is 5.75 Å². The van der Waals surface area contributed by atoms with E-state index in [9.17, 15) is 10.1 Å². The number of hydrogen-bond donors (Lipinski definition) is 1. The second-order valence-electron chi connectivity index (χ2n) is 7.31. The number of methoxy groups -OCH3 is 1. The number of ether oxygens (including phenoxy) is 1. The van der Waals surface area contributed by atoms with Crippen molar-refractivity contribution >= 4 is 5.78 Å². The lowest BCUT2D eigenvalue weighted by Gasteiger charge is -2.35. The van der Waals surface area contributed by atoms with E-state index in [2.05, 4.69) is 23.5 Å². The first kappa shape index (κ1) is 18.1. The van der Waals surface area contributed by atoms with Crippen molar-refractivity contribution in [2.45, 2.75) is 31.6 Å². The molecule has 0 fully saturated rings. The number of benzene rings is 2. The fourth-order valence-corrected chi connectivity index (χ4v) is 4.28. The Bertz CT molecular complexity index is 1010. The maximum atomic E-state index is 13.2. The van der Waals surface area contributed by atoms with Crippen LogP contribution < -0.4 is 10.1 Å². The van der Waals surface area contributed by atoms with Crippen LogP contribution in [0.1, 0.15) is 42.7 Å². The van der Waals surface area contributed by atoms with E-state index >= 15 is 0 Å². The Balaban J connectivity index is 1.77. The monoisotopic (exact) mass is 370 g/mol. The lowest BCUT2D eigenvalue weighted by atomic mass is 9.72. The maximum Gasteiger partial charge on any atom is 0.162 e. The second kappa shape index (κ2) is 7.36. The summed E-state index contributed by atoms with van der Waals surface area (Å²) in [5.41, 5.74) is 5.23. The first-order chi connectivity index (χ1) is 13.6. The molecule has 2 aromatic carbocycles. The van der Waals surface area contributed by atoms with Gasteiger partial charge in [-0.3, -0.25) is 4.79 Å². The number of hydrogen-bond acceptors (Lipinski definition) is 4. The Morgan fingerprint density at radius 1 is 1.04 bits per heavy atom. The van der Waals surface area contributed by atoms with E-state index in [1.165, 1.54) is 5.56 Å². The van der Waals surface area contributed by atoms with Gasteiger partial charge in [-0.15, -0.1) is 0 Å². The van der Waals surface area contributed by atoms with Crippen LogP contribution in [-0.2, 0) is 4.79 Å². The Morgan fingerprint density at radius 2 is 1.75 bits per heavy atom. The van der Waals surface area contributed by atoms with Gasteiger partial charge in [-0.1, -0.05) is 42.5 Å². The lowest BCUT2D eigenvalue weighted by molar-refractivity contribution is -0.116. The van der Waals surface area contributed by atoms with E-state index in [-0.39, 0.29) is 17.6 Å². The summed E-state index contributed by atoms with van der Waals surface area (Å²) in [5, 5.41) is 13.2. The maximum absolute atomic E-state index is 13.2. The zero-order chi connectivity index (χ0) is 19.7. The van der Waals surface area contributed by atoms with Gasteiger partial charge in [0.15, 0.2) is 5.78 Å². The fourth-order valence-electron chi connectivity index (χ4n) is 4.28. The topological polar surface area (TPSA) is 62.1 Å². The molecule has 0 saturated carbocycles. The van der Waals surface area contributed by atoms with Crippen molar-refractivity contribution < 1.29 is 9.53 Å². The Morgan fingerprint density at radius 3 is 2.39 bits per heavy atom. The molecule has 1 aliphatic heterocycles. The van der Waals surface area contributed by atoms with Gasteiger partial charge in [0.2, 0.25) is 0 Å². The van der Waals surface area contributed by atoms with Gasteiger partial charge in [-0.25, -0.2) is 0 Å². The van der Waals surface area contributed by atoms with E-state index in [1.807, 2.05) is 49.4 Å². The summed E-state index contributed by atoms with van der Waals surface area (Å²) in [6.07, 6.45) is 1.24. The van der Waals surface area contributed by atoms with Crippen LogP contribution in [0.2, 0.25) is 0 Å². The standard InChI is InChI=1S/C24H22N2O2/c1-15-20(14-25)23(17-8-10-19(28-2)11-9-17)24-21(26-15)12-18(13-22(24)27)16-6-4-3-5-7-16/h3-11,18,23,26H,12-13H2,1-2H3. The highest BCUT2D eigenvalue weighted by atomic mass is 16.5. The number of ketones is 1. The minimum atomic E-state index is -0.323. The molecule has 2 aliphatic rings. The molecule has 140 valence electrons. The zero-order valence-electron chi connectivity index (χ0n) is 16.0. The van der Waals surface area contributed by atoms with E-state index in [0.717, 1.165) is 34.7 Å². The minimum Gasteiger partial charge on any atom is -0.497 e. The molecule has 0 spiro atoms. The molecule has 0 radical (unpaired) electrons. The van der Waals surface area contributed by atoms with Crippen LogP contribution in [0.4, 0.5) is 0 Å². The highest BCUT2D eigenvalue weighted by Crippen LogP contribution is 2.45. The summed E-state index contributed by atoms with van der Waals surface area (Å²) in [6, 6.07) is 20.1. The second-order valence-corrected chi connectivity index (χ2v) is 7.31. The van der Waals surface area contributed by atoms with E-state index in [1.54, 1.807) is 7.11 Å². The van der Waals surface area contributed by atoms with Crippen molar-refractivity contribution in [3.63, 3.8) is 0 Å². The van der Waals surface area contributed by atoms with Crippen LogP contribution in [-0.4, -0.2) is 12.9 Å². The average molecular weight is 370 g/mol. The van der Waals surface area contributed by atoms with Gasteiger partial charge in [0, 0.05) is 23.4 Å². The van der Waals surface area contributed by atoms with Crippen LogP contribution in [0.3, 0.4) is 0 Å². The fraction of sp³-hybridized carbons (Fsp3) is 0.250. The van der Waals surface area contributed by atoms with Crippen molar-refractivity contribution in [3.05, 3.63) is 88.3 Å². The molecule has 4 heteroatoms. The number of dihydropyridines is 1. The summed E-state index contributed by atoms with van der Waals surface area (Å²) < 4.78 is 5.25. The minimum absolute atomic E-state index is 0.115. The largest absolute Gasteiger partial charge is 0.497 e. The van der Waals surface area contributed by atoms with E-state index < -0.39 is 0 Å². The molecule has 2 atom stereocenters. The highest BCUT2D eigenvalue weighted by molar-refractivity contribution is 6.00. The van der Waals surface area contributed by atoms with Crippen molar-refractivity contribution in [2.24, 2.45) is 0 Å². The van der Waals surface area contributed by atoms with Gasteiger partial charge >= 0.3 is 0 Å². The number of nitrogens with one attached hydrogen (secondary N) is 1. The number of carbonyl (C=O) groups is 1. The Hall–Kier alpha value is -3.32. The number of nitriles is 1. The molecule has 28 heavy (non-hydrogen) atoms. The third-order valence-corrected chi connectivity index (χ3v) is 5.67. The molecule has 0 aromatic heterocycles. The van der Waals surface area contributed by atoms with Crippen molar-refractivity contribution in [1.29, 1.82) is 5.26 Å². The molecule has 0 bridgehead atoms. The first-order valence-corrected chi connectivity index (χ1v) is 9.45. The molecular formula is C24H22N2O2. The number of nitrogens with zero attached hydrogens (tertiary/aromatic N) is 1. The molecule has 1 N–H and O–H groups in total. The quantitative estimate of drug-likeness (QED) is 0.859. The third kappa shape index (κ3) is 3.10. The summed E-state index contributed by atoms with van der Waals surface area (Å²) in [7, 11) is 1.62. The highest BCUT2D eigenvalue weighted by Gasteiger charge is 2.38. The third-order valence-electron chi connectivity index (χ3n) is 5.67. The van der Waals surface area contributed by atoms with Gasteiger partial charge < -0.3 is 10.1 Å². The molecule has 4 nitrogen and oxygen atoms in total. The predicted molar refractivity (Wildman–Crippen MR) is 108 cm³/mol. The SMILES string of the molecule is COc1ccc(C2C(C#N)=C(C)NC3=C2C(=O)CC(c2ccccc2)C3)cc1. The Labute approximate surface area is 165 Å². The van der Waals surface area contributed by atoms with Crippen molar-refractivity contribution in [1.82, 2.24) is 5.32 Å². The van der Waals surface area contributed by atoms with Crippen molar-refractivity contribution in [3.8, 4) is 11.8 Å². The molecule has 1 aliphatic carbocycles. The summed E-state index contributed by atoms with van der Waals surface area (Å²) in [4.78, 5) is 13.2. The molecule has 0 saturated heterocycles. The van der Waals surface area contributed by atoms with Gasteiger partial charge in [0.05, 0.1) is 24.7 Å². The van der Waals surface area contributed by atoms with Crippen LogP contribution in [0.25, 0.3) is 0 Å². The van der Waals surface area contributed by atoms with Crippen LogP contribution in [0.5, 0.6) is 5.75 Å². The Kier molecular flexibility index (Phi) is 4.75. The number of rotatable bonds is 3. The number of allylic oxidation sites excluding steroid dienone is 4. The van der Waals surface area contributed by atoms with Crippen LogP contribution >= 0.6 is 0 Å². The molecule has 0 amide bonds. The summed E-state index contributed by atoms with van der Waals surface area (Å²) in [5.74, 6) is 0.707. The molecule has 4 rings (SSSR count). The van der Waals surface area contributed by atoms with Crippen LogP contribution in [0, 0.1) is 11.3 Å². The number of carbonyl (C=O) groups excluding carboxylic acids is 1.